The van der Waals surface area contributed by atoms with Crippen molar-refractivity contribution < 1.29 is 4.39 Å². The molecule has 0 spiro atoms. The number of nitrogens with zero attached hydrogens (tertiary/aromatic N) is 5. The fraction of sp³-hybridized carbons (Fsp3) is 0.0435. The van der Waals surface area contributed by atoms with Crippen molar-refractivity contribution in [2.75, 3.05) is 0 Å². The summed E-state index contributed by atoms with van der Waals surface area (Å²) in [7, 11) is 1.89. The number of aryl methyl sites for hydroxylation is 1. The summed E-state index contributed by atoms with van der Waals surface area (Å²) in [6, 6.07) is 14.3. The molecule has 0 saturated heterocycles. The van der Waals surface area contributed by atoms with Gasteiger partial charge in [-0.1, -0.05) is 18.2 Å². The van der Waals surface area contributed by atoms with E-state index in [2.05, 4.69) is 31.3 Å². The first kappa shape index (κ1) is 17.5. The molecule has 4 aromatic heterocycles. The predicted molar refractivity (Wildman–Crippen MR) is 117 cm³/mol. The van der Waals surface area contributed by atoms with Crippen molar-refractivity contribution in [3.8, 4) is 33.8 Å². The summed E-state index contributed by atoms with van der Waals surface area (Å²) >= 11 is 0. The number of rotatable bonds is 3. The molecule has 2 N–H and O–H groups in total. The summed E-state index contributed by atoms with van der Waals surface area (Å²) in [5.41, 5.74) is 6.81. The van der Waals surface area contributed by atoms with E-state index in [9.17, 15) is 4.39 Å². The third-order valence-corrected chi connectivity index (χ3v) is 5.37. The van der Waals surface area contributed by atoms with Gasteiger partial charge in [0, 0.05) is 36.0 Å². The number of aromatic nitrogens is 7. The summed E-state index contributed by atoms with van der Waals surface area (Å²) < 4.78 is 15.1. The standard InChI is InChI=1S/C23H16FN7/c1-31-12-15(11-26-31)14-4-7-19-18(10-14)21(30-29-19)23-27-20-17(8-9-25-22(20)28-23)13-2-5-16(24)6-3-13/h2-12H,1H3,(H,29,30)(H,25,27,28). The lowest BCUT2D eigenvalue weighted by Crippen LogP contribution is -1.84. The third-order valence-electron chi connectivity index (χ3n) is 5.37. The minimum absolute atomic E-state index is 0.274. The van der Waals surface area contributed by atoms with E-state index < -0.39 is 0 Å². The lowest BCUT2D eigenvalue weighted by molar-refractivity contribution is 0.628. The van der Waals surface area contributed by atoms with E-state index in [1.807, 2.05) is 37.6 Å². The zero-order valence-corrected chi connectivity index (χ0v) is 16.5. The molecule has 7 nitrogen and oxygen atoms in total. The molecule has 8 heteroatoms. The van der Waals surface area contributed by atoms with Crippen LogP contribution >= 0.6 is 0 Å². The van der Waals surface area contributed by atoms with E-state index in [-0.39, 0.29) is 5.82 Å². The molecule has 0 saturated carbocycles. The zero-order chi connectivity index (χ0) is 20.9. The highest BCUT2D eigenvalue weighted by Crippen LogP contribution is 2.32. The van der Waals surface area contributed by atoms with Crippen molar-refractivity contribution in [1.29, 1.82) is 0 Å². The van der Waals surface area contributed by atoms with Crippen LogP contribution in [0.4, 0.5) is 4.39 Å². The minimum Gasteiger partial charge on any atom is -0.321 e. The van der Waals surface area contributed by atoms with E-state index >= 15 is 0 Å². The normalized spacial score (nSPS) is 11.5. The molecular formula is C23H16FN7. The lowest BCUT2D eigenvalue weighted by atomic mass is 10.1. The highest BCUT2D eigenvalue weighted by Gasteiger charge is 2.16. The number of halogens is 1. The Kier molecular flexibility index (Phi) is 3.73. The third kappa shape index (κ3) is 2.88. The molecule has 0 atom stereocenters. The summed E-state index contributed by atoms with van der Waals surface area (Å²) in [6.07, 6.45) is 5.52. The first-order chi connectivity index (χ1) is 15.2. The van der Waals surface area contributed by atoms with E-state index in [1.165, 1.54) is 12.1 Å². The van der Waals surface area contributed by atoms with Gasteiger partial charge in [-0.15, -0.1) is 0 Å². The second kappa shape index (κ2) is 6.60. The van der Waals surface area contributed by atoms with Crippen LogP contribution in [0.3, 0.4) is 0 Å². The number of fused-ring (bicyclic) bond motifs is 2. The number of aromatic amines is 2. The predicted octanol–water partition coefficient (Wildman–Crippen LogP) is 4.71. The molecule has 6 rings (SSSR count). The van der Waals surface area contributed by atoms with Gasteiger partial charge in [-0.25, -0.2) is 14.4 Å². The molecule has 0 aliphatic rings. The SMILES string of the molecule is Cn1cc(-c2ccc3[nH]nc(-c4nc5c(-c6ccc(F)cc6)ccnc5[nH]4)c3c2)cn1. The van der Waals surface area contributed by atoms with Crippen molar-refractivity contribution in [2.24, 2.45) is 7.05 Å². The van der Waals surface area contributed by atoms with Crippen LogP contribution in [-0.2, 0) is 7.05 Å². The summed E-state index contributed by atoms with van der Waals surface area (Å²) in [5, 5.41) is 12.8. The maximum Gasteiger partial charge on any atom is 0.160 e. The number of benzene rings is 2. The Balaban J connectivity index is 1.50. The zero-order valence-electron chi connectivity index (χ0n) is 16.5. The maximum atomic E-state index is 13.4. The quantitative estimate of drug-likeness (QED) is 0.443. The van der Waals surface area contributed by atoms with Crippen LogP contribution in [0.15, 0.2) is 67.1 Å². The highest BCUT2D eigenvalue weighted by atomic mass is 19.1. The molecule has 6 aromatic rings. The van der Waals surface area contributed by atoms with Gasteiger partial charge in [0.25, 0.3) is 0 Å². The van der Waals surface area contributed by atoms with Crippen LogP contribution < -0.4 is 0 Å². The Morgan fingerprint density at radius 1 is 0.968 bits per heavy atom. The average Bonchev–Trinajstić information content (AvgIpc) is 3.51. The van der Waals surface area contributed by atoms with Crippen molar-refractivity contribution in [2.45, 2.75) is 0 Å². The maximum absolute atomic E-state index is 13.4. The highest BCUT2D eigenvalue weighted by molar-refractivity contribution is 5.97. The molecule has 2 aromatic carbocycles. The van der Waals surface area contributed by atoms with Gasteiger partial charge in [-0.3, -0.25) is 9.78 Å². The molecule has 0 amide bonds. The van der Waals surface area contributed by atoms with Gasteiger partial charge in [-0.2, -0.15) is 10.2 Å². The van der Waals surface area contributed by atoms with Crippen LogP contribution in [0.5, 0.6) is 0 Å². The van der Waals surface area contributed by atoms with Crippen LogP contribution in [0.2, 0.25) is 0 Å². The first-order valence-electron chi connectivity index (χ1n) is 9.74. The summed E-state index contributed by atoms with van der Waals surface area (Å²) in [4.78, 5) is 12.5. The monoisotopic (exact) mass is 409 g/mol. The molecule has 150 valence electrons. The first-order valence-corrected chi connectivity index (χ1v) is 9.74. The van der Waals surface area contributed by atoms with Crippen molar-refractivity contribution >= 4 is 22.1 Å². The fourth-order valence-electron chi connectivity index (χ4n) is 3.83. The smallest absolute Gasteiger partial charge is 0.160 e. The van der Waals surface area contributed by atoms with Gasteiger partial charge in [0.1, 0.15) is 17.0 Å². The van der Waals surface area contributed by atoms with E-state index in [1.54, 1.807) is 23.0 Å². The molecule has 0 fully saturated rings. The van der Waals surface area contributed by atoms with E-state index in [4.69, 9.17) is 4.98 Å². The Bertz CT molecular complexity index is 1560. The van der Waals surface area contributed by atoms with Crippen molar-refractivity contribution in [1.82, 2.24) is 34.9 Å². The van der Waals surface area contributed by atoms with Crippen LogP contribution in [0.25, 0.3) is 55.8 Å². The Labute approximate surface area is 175 Å². The second-order valence-electron chi connectivity index (χ2n) is 7.38. The molecule has 4 heterocycles. The Morgan fingerprint density at radius 2 is 1.81 bits per heavy atom. The topological polar surface area (TPSA) is 88.1 Å². The number of nitrogens with one attached hydrogen (secondary N) is 2. The van der Waals surface area contributed by atoms with Crippen LogP contribution in [-0.4, -0.2) is 34.9 Å². The Morgan fingerprint density at radius 3 is 2.61 bits per heavy atom. The van der Waals surface area contributed by atoms with Gasteiger partial charge >= 0.3 is 0 Å². The van der Waals surface area contributed by atoms with E-state index in [0.717, 1.165) is 33.2 Å². The van der Waals surface area contributed by atoms with Gasteiger partial charge in [0.2, 0.25) is 0 Å². The summed E-state index contributed by atoms with van der Waals surface area (Å²) in [6.45, 7) is 0. The lowest BCUT2D eigenvalue weighted by Gasteiger charge is -2.01. The van der Waals surface area contributed by atoms with Crippen molar-refractivity contribution in [3.63, 3.8) is 0 Å². The minimum atomic E-state index is -0.274. The second-order valence-corrected chi connectivity index (χ2v) is 7.38. The number of imidazole rings is 1. The molecule has 0 unspecified atom stereocenters. The number of pyridine rings is 1. The number of H-pyrrole nitrogens is 2. The van der Waals surface area contributed by atoms with Crippen molar-refractivity contribution in [3.05, 3.63) is 72.9 Å². The molecule has 31 heavy (non-hydrogen) atoms. The van der Waals surface area contributed by atoms with Gasteiger partial charge in [0.15, 0.2) is 11.5 Å². The fourth-order valence-corrected chi connectivity index (χ4v) is 3.83. The van der Waals surface area contributed by atoms with Crippen LogP contribution in [0, 0.1) is 5.82 Å². The van der Waals surface area contributed by atoms with Crippen LogP contribution in [0.1, 0.15) is 0 Å². The van der Waals surface area contributed by atoms with E-state index in [0.29, 0.717) is 22.7 Å². The molecular weight excluding hydrogens is 393 g/mol. The van der Waals surface area contributed by atoms with Gasteiger partial charge in [-0.05, 0) is 41.5 Å². The molecule has 0 radical (unpaired) electrons. The van der Waals surface area contributed by atoms with Gasteiger partial charge < -0.3 is 4.98 Å². The Hall–Kier alpha value is -4.33. The molecule has 0 aliphatic carbocycles. The number of hydrogen-bond acceptors (Lipinski definition) is 4. The molecule has 0 bridgehead atoms. The van der Waals surface area contributed by atoms with Gasteiger partial charge in [0.05, 0.1) is 11.7 Å². The average molecular weight is 409 g/mol. The number of hydrogen-bond donors (Lipinski definition) is 2. The summed E-state index contributed by atoms with van der Waals surface area (Å²) in [5.74, 6) is 0.343. The molecule has 0 aliphatic heterocycles. The largest absolute Gasteiger partial charge is 0.321 e.